The molecule has 0 atom stereocenters. The van der Waals surface area contributed by atoms with Crippen LogP contribution in [0.4, 0.5) is 11.5 Å². The zero-order valence-corrected chi connectivity index (χ0v) is 17.0. The first kappa shape index (κ1) is 19.5. The number of aromatic nitrogens is 2. The van der Waals surface area contributed by atoms with Gasteiger partial charge in [-0.15, -0.1) is 0 Å². The van der Waals surface area contributed by atoms with E-state index in [9.17, 15) is 0 Å². The molecule has 0 aliphatic heterocycles. The number of rotatable bonds is 7. The molecule has 0 amide bonds. The predicted octanol–water partition coefficient (Wildman–Crippen LogP) is 5.05. The molecule has 0 saturated heterocycles. The lowest BCUT2D eigenvalue weighted by molar-refractivity contribution is 0.866. The maximum atomic E-state index is 4.65. The summed E-state index contributed by atoms with van der Waals surface area (Å²) in [6.45, 7) is 10.3. The molecule has 0 unspecified atom stereocenters. The Balaban J connectivity index is 1.76. The number of nitrogens with one attached hydrogen (secondary N) is 1. The first-order chi connectivity index (χ1) is 13.6. The van der Waals surface area contributed by atoms with Crippen molar-refractivity contribution in [3.05, 3.63) is 71.4 Å². The minimum absolute atomic E-state index is 0.699. The van der Waals surface area contributed by atoms with Gasteiger partial charge in [0.15, 0.2) is 11.6 Å². The molecule has 28 heavy (non-hydrogen) atoms. The molecule has 0 radical (unpaired) electrons. The van der Waals surface area contributed by atoms with E-state index in [0.29, 0.717) is 5.82 Å². The van der Waals surface area contributed by atoms with Gasteiger partial charge in [0, 0.05) is 35.6 Å². The Morgan fingerprint density at radius 2 is 1.61 bits per heavy atom. The molecule has 3 aromatic rings. The van der Waals surface area contributed by atoms with Gasteiger partial charge >= 0.3 is 0 Å². The Kier molecular flexibility index (Phi) is 6.37. The van der Waals surface area contributed by atoms with Gasteiger partial charge in [-0.3, -0.25) is 5.43 Å². The summed E-state index contributed by atoms with van der Waals surface area (Å²) >= 11 is 0. The van der Waals surface area contributed by atoms with E-state index >= 15 is 0 Å². The van der Waals surface area contributed by atoms with Gasteiger partial charge in [0.1, 0.15) is 0 Å². The normalized spacial score (nSPS) is 11.0. The number of anilines is 2. The van der Waals surface area contributed by atoms with E-state index in [1.807, 2.05) is 50.4 Å². The van der Waals surface area contributed by atoms with Crippen LogP contribution in [0.2, 0.25) is 0 Å². The number of benzene rings is 2. The van der Waals surface area contributed by atoms with Gasteiger partial charge in [0.25, 0.3) is 0 Å². The summed E-state index contributed by atoms with van der Waals surface area (Å²) in [4.78, 5) is 11.6. The first-order valence-electron chi connectivity index (χ1n) is 9.67. The summed E-state index contributed by atoms with van der Waals surface area (Å²) in [7, 11) is 0. The molecule has 0 fully saturated rings. The zero-order chi connectivity index (χ0) is 19.9. The number of hydrazone groups is 1. The van der Waals surface area contributed by atoms with E-state index in [1.165, 1.54) is 5.69 Å². The highest BCUT2D eigenvalue weighted by molar-refractivity contribution is 5.81. The van der Waals surface area contributed by atoms with Gasteiger partial charge in [-0.05, 0) is 45.4 Å². The first-order valence-corrected chi connectivity index (χ1v) is 9.67. The fraction of sp³-hybridized carbons (Fsp3) is 0.261. The van der Waals surface area contributed by atoms with Crippen LogP contribution in [0.5, 0.6) is 0 Å². The monoisotopic (exact) mass is 373 g/mol. The van der Waals surface area contributed by atoms with E-state index < -0.39 is 0 Å². The summed E-state index contributed by atoms with van der Waals surface area (Å²) in [6, 6.07) is 18.4. The molecule has 1 aromatic heterocycles. The third-order valence-electron chi connectivity index (χ3n) is 4.83. The number of aryl methyl sites for hydroxylation is 1. The lowest BCUT2D eigenvalue weighted by Gasteiger charge is -2.20. The third kappa shape index (κ3) is 4.55. The minimum atomic E-state index is 0.699. The molecular weight excluding hydrogens is 346 g/mol. The number of hydrogen-bond acceptors (Lipinski definition) is 5. The van der Waals surface area contributed by atoms with Crippen molar-refractivity contribution >= 4 is 17.7 Å². The second-order valence-corrected chi connectivity index (χ2v) is 6.61. The average Bonchev–Trinajstić information content (AvgIpc) is 2.73. The highest BCUT2D eigenvalue weighted by Crippen LogP contribution is 2.21. The van der Waals surface area contributed by atoms with E-state index in [-0.39, 0.29) is 0 Å². The van der Waals surface area contributed by atoms with E-state index in [0.717, 1.165) is 41.3 Å². The quantitative estimate of drug-likeness (QED) is 0.465. The second kappa shape index (κ2) is 9.13. The van der Waals surface area contributed by atoms with Crippen LogP contribution in [-0.2, 0) is 0 Å². The van der Waals surface area contributed by atoms with Gasteiger partial charge in [0.2, 0.25) is 0 Å². The van der Waals surface area contributed by atoms with Crippen molar-refractivity contribution in [3.8, 4) is 11.4 Å². The molecule has 5 heteroatoms. The molecule has 3 rings (SSSR count). The number of hydrogen-bond donors (Lipinski definition) is 1. The lowest BCUT2D eigenvalue weighted by atomic mass is 10.2. The largest absolute Gasteiger partial charge is 0.372 e. The van der Waals surface area contributed by atoms with Crippen LogP contribution in [0.1, 0.15) is 30.7 Å². The van der Waals surface area contributed by atoms with Crippen molar-refractivity contribution in [1.29, 1.82) is 0 Å². The Labute approximate surface area is 167 Å². The fourth-order valence-electron chi connectivity index (χ4n) is 2.98. The van der Waals surface area contributed by atoms with Crippen molar-refractivity contribution in [3.63, 3.8) is 0 Å². The Morgan fingerprint density at radius 3 is 2.25 bits per heavy atom. The van der Waals surface area contributed by atoms with Crippen LogP contribution in [-0.4, -0.2) is 29.3 Å². The summed E-state index contributed by atoms with van der Waals surface area (Å²) in [5, 5.41) is 4.38. The van der Waals surface area contributed by atoms with E-state index in [1.54, 1.807) is 0 Å². The second-order valence-electron chi connectivity index (χ2n) is 6.61. The van der Waals surface area contributed by atoms with Gasteiger partial charge in [-0.25, -0.2) is 9.97 Å². The summed E-state index contributed by atoms with van der Waals surface area (Å²) in [5.74, 6) is 1.42. The van der Waals surface area contributed by atoms with E-state index in [4.69, 9.17) is 0 Å². The maximum absolute atomic E-state index is 4.65. The van der Waals surface area contributed by atoms with Crippen molar-refractivity contribution in [1.82, 2.24) is 9.97 Å². The average molecular weight is 374 g/mol. The summed E-state index contributed by atoms with van der Waals surface area (Å²) in [6.07, 6.45) is 1.81. The van der Waals surface area contributed by atoms with Crippen molar-refractivity contribution in [2.24, 2.45) is 5.10 Å². The minimum Gasteiger partial charge on any atom is -0.372 e. The molecule has 0 saturated carbocycles. The smallest absolute Gasteiger partial charge is 0.161 e. The van der Waals surface area contributed by atoms with Gasteiger partial charge in [-0.2, -0.15) is 5.10 Å². The molecule has 1 N–H and O–H groups in total. The molecular formula is C23H27N5. The Hall–Kier alpha value is -3.21. The Morgan fingerprint density at radius 1 is 0.929 bits per heavy atom. The van der Waals surface area contributed by atoms with Crippen molar-refractivity contribution < 1.29 is 0 Å². The van der Waals surface area contributed by atoms with Crippen molar-refractivity contribution in [2.45, 2.75) is 27.7 Å². The lowest BCUT2D eigenvalue weighted by Crippen LogP contribution is -2.21. The van der Waals surface area contributed by atoms with Crippen LogP contribution in [0.25, 0.3) is 11.4 Å². The molecule has 0 bridgehead atoms. The van der Waals surface area contributed by atoms with Gasteiger partial charge in [-0.1, -0.05) is 42.5 Å². The molecule has 2 aromatic carbocycles. The van der Waals surface area contributed by atoms with Crippen LogP contribution in [0, 0.1) is 13.8 Å². The summed E-state index contributed by atoms with van der Waals surface area (Å²) < 4.78 is 0. The summed E-state index contributed by atoms with van der Waals surface area (Å²) in [5.41, 5.74) is 8.27. The highest BCUT2D eigenvalue weighted by Gasteiger charge is 2.09. The standard InChI is InChI=1S/C23H27N5/c1-5-28(6-2)21-14-12-19(13-15-21)16-24-27-22-17(3)18(4)25-23(26-22)20-10-8-7-9-11-20/h7-16H,5-6H2,1-4H3,(H,25,26,27). The molecule has 144 valence electrons. The number of nitrogens with zero attached hydrogens (tertiary/aromatic N) is 4. The molecule has 1 heterocycles. The van der Waals surface area contributed by atoms with Crippen LogP contribution >= 0.6 is 0 Å². The molecule has 0 spiro atoms. The van der Waals surface area contributed by atoms with Crippen LogP contribution < -0.4 is 10.3 Å². The highest BCUT2D eigenvalue weighted by atomic mass is 15.3. The van der Waals surface area contributed by atoms with E-state index in [2.05, 4.69) is 63.5 Å². The zero-order valence-electron chi connectivity index (χ0n) is 17.0. The fourth-order valence-corrected chi connectivity index (χ4v) is 2.98. The van der Waals surface area contributed by atoms with Crippen LogP contribution in [0.3, 0.4) is 0 Å². The third-order valence-corrected chi connectivity index (χ3v) is 4.83. The predicted molar refractivity (Wildman–Crippen MR) is 118 cm³/mol. The van der Waals surface area contributed by atoms with Gasteiger partial charge in [0.05, 0.1) is 6.21 Å². The maximum Gasteiger partial charge on any atom is 0.161 e. The van der Waals surface area contributed by atoms with Crippen LogP contribution in [0.15, 0.2) is 59.7 Å². The molecule has 0 aliphatic rings. The molecule has 0 aliphatic carbocycles. The SMILES string of the molecule is CCN(CC)c1ccc(C=NNc2nc(-c3ccccc3)nc(C)c2C)cc1. The van der Waals surface area contributed by atoms with Gasteiger partial charge < -0.3 is 4.90 Å². The molecule has 5 nitrogen and oxygen atoms in total. The topological polar surface area (TPSA) is 53.4 Å². The Bertz CT molecular complexity index is 929. The van der Waals surface area contributed by atoms with Crippen molar-refractivity contribution in [2.75, 3.05) is 23.4 Å².